The molecule has 0 amide bonds. The van der Waals surface area contributed by atoms with E-state index in [4.69, 9.17) is 4.74 Å². The van der Waals surface area contributed by atoms with Gasteiger partial charge in [0.1, 0.15) is 17.7 Å². The van der Waals surface area contributed by atoms with Crippen molar-refractivity contribution in [2.24, 2.45) is 0 Å². The van der Waals surface area contributed by atoms with E-state index in [9.17, 15) is 13.2 Å². The molecular weight excluding hydrogens is 349 g/mol. The van der Waals surface area contributed by atoms with Crippen LogP contribution >= 0.6 is 0 Å². The van der Waals surface area contributed by atoms with Crippen molar-refractivity contribution in [3.63, 3.8) is 0 Å². The molecule has 0 radical (unpaired) electrons. The smallest absolute Gasteiger partial charge is 0.159 e. The molecule has 1 unspecified atom stereocenters. The van der Waals surface area contributed by atoms with Gasteiger partial charge in [0, 0.05) is 5.56 Å². The topological polar surface area (TPSA) is 9.23 Å². The molecule has 0 fully saturated rings. The summed E-state index contributed by atoms with van der Waals surface area (Å²) in [5, 5.41) is 0. The number of rotatable bonds is 2. The third-order valence-electron chi connectivity index (χ3n) is 4.56. The van der Waals surface area contributed by atoms with Crippen LogP contribution in [0, 0.1) is 17.5 Å². The Morgan fingerprint density at radius 3 is 2.52 bits per heavy atom. The minimum Gasteiger partial charge on any atom is -0.486 e. The lowest BCUT2D eigenvalue weighted by Gasteiger charge is -2.21. The van der Waals surface area contributed by atoms with E-state index in [-0.39, 0.29) is 17.2 Å². The Hall–Kier alpha value is -2.75. The van der Waals surface area contributed by atoms with Gasteiger partial charge >= 0.3 is 0 Å². The van der Waals surface area contributed by atoms with Crippen molar-refractivity contribution in [3.05, 3.63) is 95.6 Å². The Balaban J connectivity index is 1.86. The number of ether oxygens (including phenoxy) is 1. The van der Waals surface area contributed by atoms with Crippen molar-refractivity contribution in [1.29, 1.82) is 0 Å². The zero-order valence-electron chi connectivity index (χ0n) is 15.1. The molecule has 0 N–H and O–H groups in total. The van der Waals surface area contributed by atoms with Crippen molar-refractivity contribution in [1.82, 2.24) is 0 Å². The maximum absolute atomic E-state index is 14.7. The van der Waals surface area contributed by atoms with Gasteiger partial charge in [-0.2, -0.15) is 0 Å². The van der Waals surface area contributed by atoms with Crippen LogP contribution in [0.15, 0.2) is 72.5 Å². The molecule has 3 rings (SSSR count). The summed E-state index contributed by atoms with van der Waals surface area (Å²) in [4.78, 5) is 0. The average Bonchev–Trinajstić information content (AvgIpc) is 2.64. The van der Waals surface area contributed by atoms with E-state index in [2.05, 4.69) is 12.7 Å². The Labute approximate surface area is 157 Å². The van der Waals surface area contributed by atoms with Crippen LogP contribution in [-0.4, -0.2) is 0 Å². The average molecular weight is 370 g/mol. The molecule has 2 aromatic carbocycles. The molecule has 27 heavy (non-hydrogen) atoms. The van der Waals surface area contributed by atoms with E-state index in [0.29, 0.717) is 11.3 Å². The van der Waals surface area contributed by atoms with Crippen LogP contribution in [0.1, 0.15) is 37.9 Å². The summed E-state index contributed by atoms with van der Waals surface area (Å²) in [7, 11) is 0. The fraction of sp³-hybridized carbons (Fsp3) is 0.217. The Kier molecular flexibility index (Phi) is 5.84. The summed E-state index contributed by atoms with van der Waals surface area (Å²) in [6, 6.07) is 8.07. The minimum atomic E-state index is -1.00. The number of allylic oxidation sites excluding steroid dienone is 4. The lowest BCUT2D eigenvalue weighted by molar-refractivity contribution is 0.116. The predicted octanol–water partition coefficient (Wildman–Crippen LogP) is 7.03. The molecule has 0 aromatic heterocycles. The fourth-order valence-electron chi connectivity index (χ4n) is 3.07. The van der Waals surface area contributed by atoms with Crippen molar-refractivity contribution in [3.8, 4) is 11.1 Å². The van der Waals surface area contributed by atoms with E-state index < -0.39 is 17.5 Å². The van der Waals surface area contributed by atoms with E-state index >= 15 is 0 Å². The van der Waals surface area contributed by atoms with E-state index in [0.717, 1.165) is 37.0 Å². The van der Waals surface area contributed by atoms with E-state index in [1.807, 2.05) is 13.0 Å². The second-order valence-corrected chi connectivity index (χ2v) is 6.65. The van der Waals surface area contributed by atoms with Gasteiger partial charge in [0.25, 0.3) is 0 Å². The molecule has 0 bridgehead atoms. The van der Waals surface area contributed by atoms with Crippen LogP contribution in [0.2, 0.25) is 0 Å². The van der Waals surface area contributed by atoms with Crippen LogP contribution < -0.4 is 0 Å². The summed E-state index contributed by atoms with van der Waals surface area (Å²) in [5.41, 5.74) is 2.35. The molecule has 0 saturated carbocycles. The van der Waals surface area contributed by atoms with E-state index in [1.165, 1.54) is 12.1 Å². The van der Waals surface area contributed by atoms with Gasteiger partial charge in [0.05, 0.1) is 0 Å². The molecule has 1 aliphatic heterocycles. The fourth-order valence-corrected chi connectivity index (χ4v) is 3.07. The Morgan fingerprint density at radius 1 is 0.963 bits per heavy atom. The molecule has 4 heteroatoms. The molecule has 0 spiro atoms. The monoisotopic (exact) mass is 370 g/mol. The van der Waals surface area contributed by atoms with Crippen LogP contribution in [0.3, 0.4) is 0 Å². The van der Waals surface area contributed by atoms with Gasteiger partial charge in [-0.3, -0.25) is 0 Å². The second kappa shape index (κ2) is 8.30. The molecule has 0 saturated heterocycles. The first-order valence-electron chi connectivity index (χ1n) is 8.89. The van der Waals surface area contributed by atoms with Gasteiger partial charge in [0.15, 0.2) is 11.6 Å². The van der Waals surface area contributed by atoms with Gasteiger partial charge in [-0.05, 0) is 61.6 Å². The number of halogens is 3. The van der Waals surface area contributed by atoms with Crippen molar-refractivity contribution in [2.75, 3.05) is 0 Å². The normalized spacial score (nSPS) is 21.1. The molecule has 2 aromatic rings. The van der Waals surface area contributed by atoms with Gasteiger partial charge in [-0.1, -0.05) is 42.5 Å². The van der Waals surface area contributed by atoms with Crippen LogP contribution in [0.4, 0.5) is 13.2 Å². The van der Waals surface area contributed by atoms with E-state index in [1.54, 1.807) is 18.2 Å². The number of hydrogen-bond donors (Lipinski definition) is 0. The zero-order chi connectivity index (χ0) is 19.4. The second-order valence-electron chi connectivity index (χ2n) is 6.65. The zero-order valence-corrected chi connectivity index (χ0v) is 15.1. The number of hydrogen-bond acceptors (Lipinski definition) is 1. The molecule has 0 aliphatic carbocycles. The summed E-state index contributed by atoms with van der Waals surface area (Å²) < 4.78 is 47.2. The largest absolute Gasteiger partial charge is 0.486 e. The van der Waals surface area contributed by atoms with Crippen LogP contribution in [0.5, 0.6) is 0 Å². The first-order chi connectivity index (χ1) is 12.9. The molecule has 1 heterocycles. The third-order valence-corrected chi connectivity index (χ3v) is 4.56. The Morgan fingerprint density at radius 2 is 1.78 bits per heavy atom. The third kappa shape index (κ3) is 4.70. The summed E-state index contributed by atoms with van der Waals surface area (Å²) in [6.07, 6.45) is 8.11. The molecule has 1 atom stereocenters. The molecule has 1 nitrogen and oxygen atoms in total. The summed E-state index contributed by atoms with van der Waals surface area (Å²) in [5.74, 6) is -1.95. The summed E-state index contributed by atoms with van der Waals surface area (Å²) in [6.45, 7) is 5.92. The molecule has 1 aliphatic rings. The molecular formula is C23H21F3O. The molecule has 140 valence electrons. The van der Waals surface area contributed by atoms with Crippen LogP contribution in [-0.2, 0) is 4.74 Å². The van der Waals surface area contributed by atoms with Gasteiger partial charge in [-0.15, -0.1) is 0 Å². The highest BCUT2D eigenvalue weighted by Gasteiger charge is 2.17. The summed E-state index contributed by atoms with van der Waals surface area (Å²) >= 11 is 0. The maximum Gasteiger partial charge on any atom is 0.159 e. The van der Waals surface area contributed by atoms with Crippen LogP contribution in [0.25, 0.3) is 11.1 Å². The van der Waals surface area contributed by atoms with Gasteiger partial charge < -0.3 is 4.74 Å². The predicted molar refractivity (Wildman–Crippen MR) is 101 cm³/mol. The highest BCUT2D eigenvalue weighted by molar-refractivity contribution is 5.64. The lowest BCUT2D eigenvalue weighted by atomic mass is 9.98. The SMILES string of the molecule is C=C1/C=C\C(C)=C/CCCC(c2ccc(-c3ccc(F)c(F)c3)c(F)c2)O1. The first-order valence-corrected chi connectivity index (χ1v) is 8.89. The van der Waals surface area contributed by atoms with Crippen molar-refractivity contribution >= 4 is 0 Å². The van der Waals surface area contributed by atoms with Gasteiger partial charge in [0.2, 0.25) is 0 Å². The Bertz CT molecular complexity index is 912. The van der Waals surface area contributed by atoms with Gasteiger partial charge in [-0.25, -0.2) is 13.2 Å². The number of benzene rings is 2. The quantitative estimate of drug-likeness (QED) is 0.551. The first kappa shape index (κ1) is 19.0. The highest BCUT2D eigenvalue weighted by Crippen LogP contribution is 2.31. The van der Waals surface area contributed by atoms with Crippen molar-refractivity contribution < 1.29 is 17.9 Å². The standard InChI is InChI=1S/C23H21F3O/c1-15-5-3-4-6-23(27-16(2)8-7-15)18-9-11-19(21(25)14-18)17-10-12-20(24)22(26)13-17/h5,7-14,23H,2-4,6H2,1H3/b8-7-,15-5-. The maximum atomic E-state index is 14.7. The highest BCUT2D eigenvalue weighted by atomic mass is 19.2. The van der Waals surface area contributed by atoms with Crippen molar-refractivity contribution in [2.45, 2.75) is 32.3 Å². The lowest BCUT2D eigenvalue weighted by Crippen LogP contribution is -2.05. The minimum absolute atomic E-state index is 0.217.